The molecule has 1 fully saturated rings. The molecule has 1 N–H and O–H groups in total. The largest absolute Gasteiger partial charge is 0.467 e. The summed E-state index contributed by atoms with van der Waals surface area (Å²) in [5.74, 6) is -1.18. The Morgan fingerprint density at radius 2 is 1.92 bits per heavy atom. The van der Waals surface area contributed by atoms with Crippen molar-refractivity contribution >= 4 is 28.8 Å². The third kappa shape index (κ3) is 5.47. The van der Waals surface area contributed by atoms with E-state index in [-0.39, 0.29) is 17.6 Å². The number of tetrazole rings is 1. The molecule has 1 aromatic carbocycles. The van der Waals surface area contributed by atoms with Crippen molar-refractivity contribution < 1.29 is 27.2 Å². The molecule has 0 saturated heterocycles. The average Bonchev–Trinajstić information content (AvgIpc) is 3.69. The van der Waals surface area contributed by atoms with Crippen LogP contribution in [0.15, 0.2) is 64.6 Å². The van der Waals surface area contributed by atoms with Gasteiger partial charge in [-0.25, -0.2) is 0 Å². The number of thiophene rings is 1. The number of carbonyl (C=O) groups excluding carboxylic acids is 2. The average molecular weight is 545 g/mol. The first kappa shape index (κ1) is 25.6. The van der Waals surface area contributed by atoms with Crippen LogP contribution in [0, 0.1) is 0 Å². The van der Waals surface area contributed by atoms with Crippen molar-refractivity contribution in [3.05, 3.63) is 71.5 Å². The molecule has 0 unspecified atom stereocenters. The fraction of sp³-hybridized carbons (Fsp3) is 0.320. The second-order valence-corrected chi connectivity index (χ2v) is 9.76. The van der Waals surface area contributed by atoms with Crippen LogP contribution in [0.5, 0.6) is 0 Å². The molecule has 1 saturated carbocycles. The maximum atomic E-state index is 14.1. The molecule has 3 aromatic heterocycles. The molecular weight excluding hydrogens is 521 g/mol. The van der Waals surface area contributed by atoms with Crippen molar-refractivity contribution in [1.82, 2.24) is 25.5 Å². The Balaban J connectivity index is 1.55. The van der Waals surface area contributed by atoms with Crippen LogP contribution in [0.25, 0.3) is 10.7 Å². The van der Waals surface area contributed by atoms with E-state index in [1.165, 1.54) is 41.9 Å². The van der Waals surface area contributed by atoms with Gasteiger partial charge in [0.2, 0.25) is 5.82 Å². The second kappa shape index (κ2) is 10.8. The smallest absolute Gasteiger partial charge is 0.418 e. The molecule has 2 amide bonds. The lowest BCUT2D eigenvalue weighted by Gasteiger charge is -2.32. The first-order chi connectivity index (χ1) is 18.3. The minimum atomic E-state index is -4.79. The normalized spacial score (nSPS) is 14.9. The number of halogens is 3. The summed E-state index contributed by atoms with van der Waals surface area (Å²) in [6.07, 6.45) is -0.130. The van der Waals surface area contributed by atoms with E-state index in [9.17, 15) is 22.8 Å². The molecule has 5 rings (SSSR count). The predicted molar refractivity (Wildman–Crippen MR) is 132 cm³/mol. The summed E-state index contributed by atoms with van der Waals surface area (Å²) < 4.78 is 47.8. The van der Waals surface area contributed by atoms with Crippen LogP contribution in [0.4, 0.5) is 18.9 Å². The number of benzene rings is 1. The topological polar surface area (TPSA) is 106 Å². The van der Waals surface area contributed by atoms with Gasteiger partial charge in [-0.3, -0.25) is 14.5 Å². The Labute approximate surface area is 219 Å². The number of rotatable bonds is 8. The van der Waals surface area contributed by atoms with Crippen LogP contribution < -0.4 is 10.2 Å². The van der Waals surface area contributed by atoms with Gasteiger partial charge in [-0.2, -0.15) is 18.0 Å². The zero-order chi connectivity index (χ0) is 26.7. The first-order valence-corrected chi connectivity index (χ1v) is 12.8. The highest BCUT2D eigenvalue weighted by Crippen LogP contribution is 2.40. The molecule has 3 heterocycles. The van der Waals surface area contributed by atoms with Gasteiger partial charge in [0, 0.05) is 6.04 Å². The lowest BCUT2D eigenvalue weighted by molar-refractivity contribution is -0.137. The molecule has 0 bridgehead atoms. The summed E-state index contributed by atoms with van der Waals surface area (Å²) in [5.41, 5.74) is -1.55. The van der Waals surface area contributed by atoms with Crippen molar-refractivity contribution in [1.29, 1.82) is 0 Å². The number of aromatic nitrogens is 4. The molecule has 1 aliphatic carbocycles. The highest BCUT2D eigenvalue weighted by atomic mass is 32.1. The van der Waals surface area contributed by atoms with E-state index in [0.29, 0.717) is 4.88 Å². The number of nitrogens with one attached hydrogen (secondary N) is 1. The quantitative estimate of drug-likeness (QED) is 0.340. The molecule has 198 valence electrons. The Morgan fingerprint density at radius 1 is 1.13 bits per heavy atom. The number of para-hydroxylation sites is 1. The lowest BCUT2D eigenvalue weighted by atomic mass is 10.1. The van der Waals surface area contributed by atoms with Crippen LogP contribution in [0.1, 0.15) is 43.0 Å². The van der Waals surface area contributed by atoms with Gasteiger partial charge in [0.25, 0.3) is 11.8 Å². The Kier molecular flexibility index (Phi) is 7.27. The van der Waals surface area contributed by atoms with E-state index in [1.54, 1.807) is 12.1 Å². The number of amides is 2. The number of anilines is 1. The highest BCUT2D eigenvalue weighted by molar-refractivity contribution is 7.13. The molecule has 0 radical (unpaired) electrons. The number of furan rings is 1. The van der Waals surface area contributed by atoms with E-state index in [0.717, 1.165) is 47.5 Å². The molecule has 13 heteroatoms. The van der Waals surface area contributed by atoms with Crippen LogP contribution >= 0.6 is 11.3 Å². The van der Waals surface area contributed by atoms with Crippen LogP contribution in [-0.4, -0.2) is 38.1 Å². The third-order valence-electron chi connectivity index (χ3n) is 6.23. The number of hydrogen-bond donors (Lipinski definition) is 1. The van der Waals surface area contributed by atoms with Crippen molar-refractivity contribution in [3.63, 3.8) is 0 Å². The molecule has 1 aliphatic rings. The van der Waals surface area contributed by atoms with Crippen molar-refractivity contribution in [2.45, 2.75) is 50.5 Å². The standard InChI is InChI=1S/C25H23F3N6O3S/c26-25(27,28)17-9-3-4-10-18(17)34(21(35)15-33-31-23(30-32-33)20-12-6-14-38-20)22(19-11-5-13-37-19)24(36)29-16-7-1-2-8-16/h3-6,9-14,16,22H,1-2,7-8,15H2,(H,29,36)/t22-/m0/s1. The summed E-state index contributed by atoms with van der Waals surface area (Å²) in [4.78, 5) is 29.9. The van der Waals surface area contributed by atoms with Gasteiger partial charge < -0.3 is 9.73 Å². The van der Waals surface area contributed by atoms with Gasteiger partial charge in [0.1, 0.15) is 12.3 Å². The van der Waals surface area contributed by atoms with Crippen molar-refractivity contribution in [3.8, 4) is 10.7 Å². The minimum Gasteiger partial charge on any atom is -0.467 e. The molecule has 9 nitrogen and oxygen atoms in total. The van der Waals surface area contributed by atoms with Gasteiger partial charge in [0.05, 0.1) is 22.4 Å². The van der Waals surface area contributed by atoms with E-state index >= 15 is 0 Å². The van der Waals surface area contributed by atoms with Gasteiger partial charge in [0.15, 0.2) is 6.04 Å². The molecule has 1 atom stereocenters. The summed E-state index contributed by atoms with van der Waals surface area (Å²) in [6, 6.07) is 9.54. The number of hydrogen-bond acceptors (Lipinski definition) is 7. The zero-order valence-corrected chi connectivity index (χ0v) is 20.8. The highest BCUT2D eigenvalue weighted by Gasteiger charge is 2.42. The summed E-state index contributed by atoms with van der Waals surface area (Å²) in [7, 11) is 0. The fourth-order valence-corrected chi connectivity index (χ4v) is 5.17. The van der Waals surface area contributed by atoms with Gasteiger partial charge in [-0.1, -0.05) is 31.0 Å². The van der Waals surface area contributed by atoms with E-state index in [2.05, 4.69) is 20.7 Å². The molecule has 0 aliphatic heterocycles. The SMILES string of the molecule is O=C(NC1CCCC1)[C@H](c1ccco1)N(C(=O)Cn1nnc(-c2cccs2)n1)c1ccccc1C(F)(F)F. The Bertz CT molecular complexity index is 1380. The van der Waals surface area contributed by atoms with Gasteiger partial charge in [-0.05, 0) is 53.8 Å². The third-order valence-corrected chi connectivity index (χ3v) is 7.10. The molecule has 0 spiro atoms. The molecule has 4 aromatic rings. The molecular formula is C25H23F3N6O3S. The predicted octanol–water partition coefficient (Wildman–Crippen LogP) is 4.85. The first-order valence-electron chi connectivity index (χ1n) is 11.9. The van der Waals surface area contributed by atoms with Crippen molar-refractivity contribution in [2.24, 2.45) is 0 Å². The van der Waals surface area contributed by atoms with Crippen molar-refractivity contribution in [2.75, 3.05) is 4.90 Å². The monoisotopic (exact) mass is 544 g/mol. The van der Waals surface area contributed by atoms with E-state index in [4.69, 9.17) is 4.42 Å². The van der Waals surface area contributed by atoms with E-state index < -0.39 is 41.8 Å². The number of alkyl halides is 3. The van der Waals surface area contributed by atoms with Crippen LogP contribution in [0.2, 0.25) is 0 Å². The fourth-order valence-electron chi connectivity index (χ4n) is 4.52. The maximum Gasteiger partial charge on any atom is 0.418 e. The Hall–Kier alpha value is -4.00. The number of carbonyl (C=O) groups is 2. The maximum absolute atomic E-state index is 14.1. The number of nitrogens with zero attached hydrogens (tertiary/aromatic N) is 5. The van der Waals surface area contributed by atoms with Crippen LogP contribution in [0.3, 0.4) is 0 Å². The minimum absolute atomic E-state index is 0.0247. The molecule has 38 heavy (non-hydrogen) atoms. The second-order valence-electron chi connectivity index (χ2n) is 8.81. The Morgan fingerprint density at radius 3 is 2.61 bits per heavy atom. The van der Waals surface area contributed by atoms with Crippen LogP contribution in [-0.2, 0) is 22.3 Å². The zero-order valence-electron chi connectivity index (χ0n) is 20.0. The van der Waals surface area contributed by atoms with Gasteiger partial charge in [-0.15, -0.1) is 21.5 Å². The lowest BCUT2D eigenvalue weighted by Crippen LogP contribution is -2.47. The summed E-state index contributed by atoms with van der Waals surface area (Å²) >= 11 is 1.37. The summed E-state index contributed by atoms with van der Waals surface area (Å²) in [6.45, 7) is -0.557. The van der Waals surface area contributed by atoms with Gasteiger partial charge >= 0.3 is 6.18 Å². The summed E-state index contributed by atoms with van der Waals surface area (Å²) in [5, 5.41) is 16.8. The van der Waals surface area contributed by atoms with E-state index in [1.807, 2.05) is 5.38 Å².